The molecule has 2 aromatic rings. The Balaban J connectivity index is 1.34. The summed E-state index contributed by atoms with van der Waals surface area (Å²) in [5.41, 5.74) is 4.84. The van der Waals surface area contributed by atoms with Gasteiger partial charge in [-0.3, -0.25) is 0 Å². The van der Waals surface area contributed by atoms with Gasteiger partial charge in [-0.05, 0) is 34.4 Å². The quantitative estimate of drug-likeness (QED) is 0.871. The molecule has 0 spiro atoms. The van der Waals surface area contributed by atoms with E-state index in [1.165, 1.54) is 11.1 Å². The maximum Gasteiger partial charge on any atom is 0.317 e. The molecule has 0 radical (unpaired) electrons. The number of halogens is 1. The highest BCUT2D eigenvalue weighted by Crippen LogP contribution is 2.24. The summed E-state index contributed by atoms with van der Waals surface area (Å²) in [6, 6.07) is 13.9. The molecule has 2 amide bonds. The predicted octanol–water partition coefficient (Wildman–Crippen LogP) is 3.23. The summed E-state index contributed by atoms with van der Waals surface area (Å²) in [7, 11) is 0. The van der Waals surface area contributed by atoms with E-state index >= 15 is 0 Å². The van der Waals surface area contributed by atoms with E-state index in [9.17, 15) is 4.79 Å². The summed E-state index contributed by atoms with van der Waals surface area (Å²) in [5, 5.41) is 7.07. The summed E-state index contributed by atoms with van der Waals surface area (Å²) in [6.45, 7) is 4.05. The van der Waals surface area contributed by atoms with Crippen molar-refractivity contribution in [3.05, 3.63) is 69.7 Å². The molecule has 5 nitrogen and oxygen atoms in total. The second-order valence-electron chi connectivity index (χ2n) is 6.72. The van der Waals surface area contributed by atoms with Crippen molar-refractivity contribution in [3.8, 4) is 0 Å². The summed E-state index contributed by atoms with van der Waals surface area (Å²) in [6.07, 6.45) is -0.113. The van der Waals surface area contributed by atoms with E-state index in [4.69, 9.17) is 16.3 Å². The number of ether oxygens (including phenoxy) is 1. The fourth-order valence-corrected chi connectivity index (χ4v) is 3.59. The molecule has 1 saturated heterocycles. The number of urea groups is 1. The van der Waals surface area contributed by atoms with Crippen molar-refractivity contribution < 1.29 is 9.53 Å². The fourth-order valence-electron chi connectivity index (χ4n) is 3.46. The van der Waals surface area contributed by atoms with Gasteiger partial charge in [-0.1, -0.05) is 41.9 Å². The Bertz CT molecular complexity index is 794. The molecule has 0 saturated carbocycles. The first-order valence-corrected chi connectivity index (χ1v) is 9.28. The van der Waals surface area contributed by atoms with Crippen LogP contribution < -0.4 is 10.6 Å². The van der Waals surface area contributed by atoms with E-state index in [0.29, 0.717) is 31.3 Å². The van der Waals surface area contributed by atoms with Crippen LogP contribution in [0.15, 0.2) is 42.5 Å². The van der Waals surface area contributed by atoms with Gasteiger partial charge in [0.25, 0.3) is 0 Å². The van der Waals surface area contributed by atoms with Crippen molar-refractivity contribution in [2.45, 2.75) is 25.7 Å². The molecule has 4 rings (SSSR count). The number of amides is 2. The van der Waals surface area contributed by atoms with Crippen molar-refractivity contribution in [1.29, 1.82) is 0 Å². The van der Waals surface area contributed by atoms with Crippen molar-refractivity contribution in [2.24, 2.45) is 0 Å². The lowest BCUT2D eigenvalue weighted by molar-refractivity contribution is -0.0154. The molecule has 2 N–H and O–H groups in total. The number of rotatable bonds is 3. The molecule has 1 atom stereocenters. The number of fused-ring (bicyclic) bond motifs is 1. The van der Waals surface area contributed by atoms with Gasteiger partial charge in [0, 0.05) is 31.2 Å². The molecular weight excluding hydrogens is 350 g/mol. The van der Waals surface area contributed by atoms with E-state index in [-0.39, 0.29) is 12.1 Å². The first-order valence-electron chi connectivity index (χ1n) is 8.90. The van der Waals surface area contributed by atoms with Gasteiger partial charge in [-0.25, -0.2) is 4.79 Å². The second-order valence-corrected chi connectivity index (χ2v) is 7.16. The first kappa shape index (κ1) is 17.3. The van der Waals surface area contributed by atoms with Crippen LogP contribution >= 0.6 is 11.6 Å². The van der Waals surface area contributed by atoms with Crippen LogP contribution in [0.25, 0.3) is 0 Å². The van der Waals surface area contributed by atoms with Crippen LogP contribution in [0, 0.1) is 0 Å². The van der Waals surface area contributed by atoms with Crippen LogP contribution in [-0.2, 0) is 24.4 Å². The van der Waals surface area contributed by atoms with Gasteiger partial charge in [-0.15, -0.1) is 0 Å². The molecule has 0 bridgehead atoms. The van der Waals surface area contributed by atoms with E-state index in [2.05, 4.69) is 28.8 Å². The Morgan fingerprint density at radius 1 is 1.19 bits per heavy atom. The van der Waals surface area contributed by atoms with Gasteiger partial charge >= 0.3 is 6.03 Å². The number of benzene rings is 2. The van der Waals surface area contributed by atoms with Gasteiger partial charge < -0.3 is 20.3 Å². The van der Waals surface area contributed by atoms with Crippen LogP contribution in [0.2, 0.25) is 5.02 Å². The molecule has 2 aliphatic heterocycles. The lowest BCUT2D eigenvalue weighted by Gasteiger charge is -2.33. The Kier molecular flexibility index (Phi) is 5.11. The van der Waals surface area contributed by atoms with Crippen molar-refractivity contribution in [2.75, 3.05) is 19.7 Å². The van der Waals surface area contributed by atoms with Crippen LogP contribution in [0.3, 0.4) is 0 Å². The fraction of sp³-hybridized carbons (Fsp3) is 0.350. The smallest absolute Gasteiger partial charge is 0.317 e. The third-order valence-corrected chi connectivity index (χ3v) is 5.19. The third kappa shape index (κ3) is 3.85. The van der Waals surface area contributed by atoms with Crippen LogP contribution in [0.4, 0.5) is 4.79 Å². The molecular formula is C20H22ClN3O2. The summed E-state index contributed by atoms with van der Waals surface area (Å²) in [4.78, 5) is 14.4. The number of morpholine rings is 1. The number of nitrogens with one attached hydrogen (secondary N) is 2. The zero-order valence-corrected chi connectivity index (χ0v) is 15.3. The van der Waals surface area contributed by atoms with Crippen molar-refractivity contribution in [1.82, 2.24) is 15.5 Å². The molecule has 2 aliphatic rings. The average molecular weight is 372 g/mol. The molecule has 26 heavy (non-hydrogen) atoms. The normalized spacial score (nSPS) is 19.3. The van der Waals surface area contributed by atoms with Crippen molar-refractivity contribution in [3.63, 3.8) is 0 Å². The highest BCUT2D eigenvalue weighted by molar-refractivity contribution is 6.30. The van der Waals surface area contributed by atoms with E-state index in [1.807, 2.05) is 29.2 Å². The first-order chi connectivity index (χ1) is 12.7. The maximum absolute atomic E-state index is 12.6. The molecule has 1 fully saturated rings. The van der Waals surface area contributed by atoms with E-state index in [0.717, 1.165) is 24.2 Å². The van der Waals surface area contributed by atoms with E-state index < -0.39 is 0 Å². The number of hydrogen-bond acceptors (Lipinski definition) is 3. The van der Waals surface area contributed by atoms with Crippen LogP contribution in [0.1, 0.15) is 28.4 Å². The number of nitrogens with zero attached hydrogens (tertiary/aromatic N) is 1. The predicted molar refractivity (Wildman–Crippen MR) is 101 cm³/mol. The molecule has 0 aromatic heterocycles. The summed E-state index contributed by atoms with van der Waals surface area (Å²) >= 11 is 5.95. The Hall–Kier alpha value is -2.08. The Morgan fingerprint density at radius 2 is 2.00 bits per heavy atom. The van der Waals surface area contributed by atoms with Crippen LogP contribution in [-0.4, -0.2) is 30.6 Å². The van der Waals surface area contributed by atoms with Gasteiger partial charge in [0.15, 0.2) is 0 Å². The zero-order valence-electron chi connectivity index (χ0n) is 14.5. The largest absolute Gasteiger partial charge is 0.370 e. The lowest BCUT2D eigenvalue weighted by atomic mass is 10.1. The second kappa shape index (κ2) is 7.66. The molecule has 0 aliphatic carbocycles. The minimum absolute atomic E-state index is 0.0501. The van der Waals surface area contributed by atoms with Crippen LogP contribution in [0.5, 0.6) is 0 Å². The SMILES string of the molecule is O=C(NCc1ccc2c(c1)CNC2)N1CCOC(c2ccc(Cl)cc2)C1. The maximum atomic E-state index is 12.6. The Morgan fingerprint density at radius 3 is 2.85 bits per heavy atom. The number of carbonyl (C=O) groups excluding carboxylic acids is 1. The molecule has 6 heteroatoms. The minimum atomic E-state index is -0.113. The van der Waals surface area contributed by atoms with Gasteiger partial charge in [0.1, 0.15) is 6.10 Å². The third-order valence-electron chi connectivity index (χ3n) is 4.94. The lowest BCUT2D eigenvalue weighted by Crippen LogP contribution is -2.46. The summed E-state index contributed by atoms with van der Waals surface area (Å²) < 4.78 is 5.83. The van der Waals surface area contributed by atoms with E-state index in [1.54, 1.807) is 0 Å². The monoisotopic (exact) mass is 371 g/mol. The number of carbonyl (C=O) groups is 1. The molecule has 2 heterocycles. The Labute approximate surface area is 158 Å². The number of hydrogen-bond donors (Lipinski definition) is 2. The average Bonchev–Trinajstić information content (AvgIpc) is 3.14. The minimum Gasteiger partial charge on any atom is -0.370 e. The standard InChI is InChI=1S/C20H22ClN3O2/c21-18-5-3-15(4-6-18)19-13-24(7-8-26-19)20(25)23-10-14-1-2-16-11-22-12-17(16)9-14/h1-6,9,19,22H,7-8,10-13H2,(H,23,25). The highest BCUT2D eigenvalue weighted by atomic mass is 35.5. The van der Waals surface area contributed by atoms with Crippen molar-refractivity contribution >= 4 is 17.6 Å². The van der Waals surface area contributed by atoms with Gasteiger partial charge in [0.05, 0.1) is 13.2 Å². The molecule has 136 valence electrons. The highest BCUT2D eigenvalue weighted by Gasteiger charge is 2.25. The zero-order chi connectivity index (χ0) is 17.9. The molecule has 2 aromatic carbocycles. The van der Waals surface area contributed by atoms with Gasteiger partial charge in [-0.2, -0.15) is 0 Å². The van der Waals surface area contributed by atoms with Gasteiger partial charge in [0.2, 0.25) is 0 Å². The topological polar surface area (TPSA) is 53.6 Å². The molecule has 1 unspecified atom stereocenters. The summed E-state index contributed by atoms with van der Waals surface area (Å²) in [5.74, 6) is 0.